The van der Waals surface area contributed by atoms with Crippen molar-refractivity contribution < 1.29 is 48.2 Å². The maximum Gasteiger partial charge on any atom is 0.188 e. The van der Waals surface area contributed by atoms with Gasteiger partial charge in [-0.1, -0.05) is 168 Å². The zero-order valence-electron chi connectivity index (χ0n) is 47.9. The first kappa shape index (κ1) is 61.8. The van der Waals surface area contributed by atoms with E-state index in [1.807, 2.05) is 42.5 Å². The molecule has 76 heavy (non-hydrogen) atoms. The highest BCUT2D eigenvalue weighted by Gasteiger charge is 2.43. The highest BCUT2D eigenvalue weighted by atomic mass is 16.7. The number of methoxy groups -OCH3 is 2. The first-order valence-electron chi connectivity index (χ1n) is 29.2. The van der Waals surface area contributed by atoms with Crippen molar-refractivity contribution in [3.8, 4) is 34.5 Å². The summed E-state index contributed by atoms with van der Waals surface area (Å²) in [6.45, 7) is 14.5. The minimum atomic E-state index is -0.191. The fourth-order valence-corrected chi connectivity index (χ4v) is 11.5. The van der Waals surface area contributed by atoms with E-state index in [0.717, 1.165) is 92.8 Å². The SMILES string of the molecule is CCCC(=O)C(C)CCCCCCCCC[C@@H]1c2ccc(O)cc2OC[C@]1(C)c1ccc(O)cc1.CCCC(=O)C(C)CCCCCCCCC[C@@H]1c2ccc(OCOC)cc2OC[C@]1(C)c1ccc(OCOC)cc1. The Hall–Kier alpha value is -5.06. The van der Waals surface area contributed by atoms with Gasteiger partial charge in [-0.15, -0.1) is 0 Å². The molecule has 0 bridgehead atoms. The summed E-state index contributed by atoms with van der Waals surface area (Å²) in [7, 11) is 3.25. The van der Waals surface area contributed by atoms with Gasteiger partial charge in [0.2, 0.25) is 0 Å². The molecule has 10 heteroatoms. The quantitative estimate of drug-likeness (QED) is 0.0344. The summed E-state index contributed by atoms with van der Waals surface area (Å²) in [5.41, 5.74) is 4.48. The van der Waals surface area contributed by atoms with Gasteiger partial charge in [-0.3, -0.25) is 9.59 Å². The van der Waals surface area contributed by atoms with Gasteiger partial charge in [0.15, 0.2) is 13.6 Å². The van der Waals surface area contributed by atoms with E-state index >= 15 is 0 Å². The van der Waals surface area contributed by atoms with Crippen molar-refractivity contribution in [2.45, 2.75) is 205 Å². The van der Waals surface area contributed by atoms with Crippen molar-refractivity contribution in [1.82, 2.24) is 0 Å². The first-order valence-corrected chi connectivity index (χ1v) is 29.2. The Bertz CT molecular complexity index is 2290. The number of Topliss-reactive ketones (excluding diaryl/α,β-unsaturated/α-hetero) is 2. The fourth-order valence-electron chi connectivity index (χ4n) is 11.5. The van der Waals surface area contributed by atoms with Crippen LogP contribution in [-0.4, -0.2) is 62.8 Å². The number of hydrogen-bond acceptors (Lipinski definition) is 10. The highest BCUT2D eigenvalue weighted by molar-refractivity contribution is 5.80. The molecule has 420 valence electrons. The van der Waals surface area contributed by atoms with Crippen molar-refractivity contribution in [1.29, 1.82) is 0 Å². The Labute approximate surface area is 458 Å². The van der Waals surface area contributed by atoms with E-state index < -0.39 is 0 Å². The summed E-state index contributed by atoms with van der Waals surface area (Å²) < 4.78 is 33.9. The second kappa shape index (κ2) is 32.6. The van der Waals surface area contributed by atoms with Gasteiger partial charge in [0.05, 0.1) is 13.2 Å². The first-order chi connectivity index (χ1) is 36.8. The molecule has 2 N–H and O–H groups in total. The molecule has 2 aliphatic rings. The van der Waals surface area contributed by atoms with Crippen molar-refractivity contribution in [2.24, 2.45) is 11.8 Å². The van der Waals surface area contributed by atoms with Crippen LogP contribution in [-0.2, 0) is 29.9 Å². The molecule has 0 aromatic heterocycles. The molecule has 0 spiro atoms. The third kappa shape index (κ3) is 18.6. The van der Waals surface area contributed by atoms with Gasteiger partial charge in [0, 0.05) is 73.7 Å². The van der Waals surface area contributed by atoms with Gasteiger partial charge in [0.1, 0.15) is 46.1 Å². The number of ether oxygens (including phenoxy) is 6. The molecule has 0 radical (unpaired) electrons. The number of hydrogen-bond donors (Lipinski definition) is 2. The zero-order valence-corrected chi connectivity index (χ0v) is 47.9. The predicted octanol–water partition coefficient (Wildman–Crippen LogP) is 16.6. The van der Waals surface area contributed by atoms with Crippen LogP contribution < -0.4 is 18.9 Å². The predicted molar refractivity (Wildman–Crippen MR) is 307 cm³/mol. The van der Waals surface area contributed by atoms with Crippen LogP contribution in [0.4, 0.5) is 0 Å². The van der Waals surface area contributed by atoms with E-state index in [4.69, 9.17) is 28.4 Å². The van der Waals surface area contributed by atoms with Crippen molar-refractivity contribution in [3.63, 3.8) is 0 Å². The largest absolute Gasteiger partial charge is 0.508 e. The van der Waals surface area contributed by atoms with Gasteiger partial charge in [-0.2, -0.15) is 0 Å². The second-order valence-electron chi connectivity index (χ2n) is 22.5. The molecule has 4 aromatic rings. The Morgan fingerprint density at radius 3 is 1.37 bits per heavy atom. The molecule has 0 amide bonds. The number of carbonyl (C=O) groups excluding carboxylic acids is 2. The maximum absolute atomic E-state index is 12.0. The molecule has 2 heterocycles. The molecule has 0 saturated carbocycles. The molecule has 0 fully saturated rings. The third-order valence-corrected chi connectivity index (χ3v) is 16.4. The molecular weight excluding hydrogens is 953 g/mol. The van der Waals surface area contributed by atoms with Crippen LogP contribution in [0.1, 0.15) is 217 Å². The van der Waals surface area contributed by atoms with Gasteiger partial charge in [-0.05, 0) is 97.2 Å². The third-order valence-electron chi connectivity index (χ3n) is 16.4. The zero-order chi connectivity index (χ0) is 54.8. The number of phenols is 2. The number of carbonyl (C=O) groups is 2. The summed E-state index contributed by atoms with van der Waals surface area (Å²) in [5, 5.41) is 19.7. The van der Waals surface area contributed by atoms with Crippen LogP contribution in [0.2, 0.25) is 0 Å². The van der Waals surface area contributed by atoms with E-state index in [2.05, 4.69) is 59.7 Å². The molecule has 0 saturated heterocycles. The monoisotopic (exact) mass is 1050 g/mol. The van der Waals surface area contributed by atoms with Crippen LogP contribution in [0.3, 0.4) is 0 Å². The lowest BCUT2D eigenvalue weighted by molar-refractivity contribution is -0.123. The molecule has 10 nitrogen and oxygen atoms in total. The number of unbranched alkanes of at least 4 members (excludes halogenated alkanes) is 12. The van der Waals surface area contributed by atoms with Crippen LogP contribution in [0.25, 0.3) is 0 Å². The van der Waals surface area contributed by atoms with E-state index in [1.165, 1.54) is 93.7 Å². The van der Waals surface area contributed by atoms with Crippen molar-refractivity contribution in [3.05, 3.63) is 107 Å². The van der Waals surface area contributed by atoms with Crippen molar-refractivity contribution >= 4 is 11.6 Å². The number of phenolic OH excluding ortho intramolecular Hbond substituents is 2. The smallest absolute Gasteiger partial charge is 0.188 e. The minimum absolute atomic E-state index is 0.159. The van der Waals surface area contributed by atoms with Gasteiger partial charge < -0.3 is 38.6 Å². The Balaban J connectivity index is 0.000000284. The van der Waals surface area contributed by atoms with Gasteiger partial charge in [0.25, 0.3) is 0 Å². The summed E-state index contributed by atoms with van der Waals surface area (Å²) in [6.07, 6.45) is 24.7. The normalized spacial score (nSPS) is 19.4. The Morgan fingerprint density at radius 1 is 0.526 bits per heavy atom. The second-order valence-corrected chi connectivity index (χ2v) is 22.5. The van der Waals surface area contributed by atoms with Crippen LogP contribution >= 0.6 is 0 Å². The number of aromatic hydroxyl groups is 2. The van der Waals surface area contributed by atoms with Crippen LogP contribution in [0.15, 0.2) is 84.9 Å². The molecule has 0 aliphatic carbocycles. The maximum atomic E-state index is 12.0. The van der Waals surface area contributed by atoms with E-state index in [9.17, 15) is 19.8 Å². The average Bonchev–Trinajstić information content (AvgIpc) is 3.43. The molecule has 6 rings (SSSR count). The number of rotatable bonds is 34. The Kier molecular flexibility index (Phi) is 26.5. The van der Waals surface area contributed by atoms with Gasteiger partial charge in [-0.25, -0.2) is 0 Å². The van der Waals surface area contributed by atoms with Crippen molar-refractivity contribution in [2.75, 3.05) is 41.0 Å². The highest BCUT2D eigenvalue weighted by Crippen LogP contribution is 2.51. The fraction of sp³-hybridized carbons (Fsp3) is 0.606. The van der Waals surface area contributed by atoms with Gasteiger partial charge >= 0.3 is 0 Å². The summed E-state index contributed by atoms with van der Waals surface area (Å²) in [6, 6.07) is 27.6. The standard InChI is InChI=1S/C35H52O6.C31H44O4/c1-6-14-33(36)27(2)15-12-10-8-7-9-11-13-16-32-31-22-21-30(41-26-38-5)23-34(31)39-24-35(32,3)28-17-19-29(20-18-28)40-25-37-4;1-4-12-29(34)23(2)13-10-8-6-5-7-9-11-14-28-27-20-19-26(33)21-30(27)35-22-31(28,3)24-15-17-25(32)18-16-24/h17-23,27,32H,6-16,24-26H2,1-5H3;15-21,23,28,32-33H,4-14,22H2,1-3H3/t27?,32-,35-;23?,28-,31-/m11/s1. The summed E-state index contributed by atoms with van der Waals surface area (Å²) in [5.74, 6) is 5.70. The molecule has 2 aliphatic heterocycles. The average molecular weight is 1050 g/mol. The molecule has 6 atom stereocenters. The molecule has 4 aromatic carbocycles. The number of ketones is 2. The van der Waals surface area contributed by atoms with E-state index in [0.29, 0.717) is 36.6 Å². The molecular formula is C66H96O10. The minimum Gasteiger partial charge on any atom is -0.508 e. The van der Waals surface area contributed by atoms with Crippen LogP contribution in [0.5, 0.6) is 34.5 Å². The van der Waals surface area contributed by atoms with E-state index in [-0.39, 0.29) is 47.8 Å². The summed E-state index contributed by atoms with van der Waals surface area (Å²) >= 11 is 0. The molecule has 2 unspecified atom stereocenters. The topological polar surface area (TPSA) is 130 Å². The Morgan fingerprint density at radius 2 is 0.908 bits per heavy atom. The number of fused-ring (bicyclic) bond motifs is 2. The summed E-state index contributed by atoms with van der Waals surface area (Å²) in [4.78, 5) is 23.9. The lowest BCUT2D eigenvalue weighted by Crippen LogP contribution is -2.40. The lowest BCUT2D eigenvalue weighted by atomic mass is 9.66. The lowest BCUT2D eigenvalue weighted by Gasteiger charge is -2.43. The van der Waals surface area contributed by atoms with Crippen LogP contribution in [0, 0.1) is 11.8 Å². The number of benzene rings is 4. The van der Waals surface area contributed by atoms with E-state index in [1.54, 1.807) is 38.5 Å².